The molecule has 1 heterocycles. The van der Waals surface area contributed by atoms with E-state index in [-0.39, 0.29) is 5.56 Å². The molecule has 0 saturated carbocycles. The van der Waals surface area contributed by atoms with Crippen molar-refractivity contribution in [2.75, 3.05) is 5.73 Å². The van der Waals surface area contributed by atoms with Crippen LogP contribution in [0.1, 0.15) is 38.8 Å². The van der Waals surface area contributed by atoms with E-state index in [2.05, 4.69) is 0 Å². The van der Waals surface area contributed by atoms with E-state index in [1.807, 2.05) is 27.7 Å². The second kappa shape index (κ2) is 5.21. The van der Waals surface area contributed by atoms with Crippen LogP contribution in [-0.2, 0) is 25.3 Å². The Labute approximate surface area is 131 Å². The quantitative estimate of drug-likeness (QED) is 0.518. The summed E-state index contributed by atoms with van der Waals surface area (Å²) in [6, 6.07) is 3.03. The van der Waals surface area contributed by atoms with E-state index in [1.165, 1.54) is 6.07 Å². The smallest absolute Gasteiger partial charge is 0.399 e. The molecule has 1 aromatic rings. The lowest BCUT2D eigenvalue weighted by molar-refractivity contribution is 0.00578. The third-order valence-electron chi connectivity index (χ3n) is 4.39. The lowest BCUT2D eigenvalue weighted by atomic mass is 9.75. The van der Waals surface area contributed by atoms with Crippen LogP contribution in [0.5, 0.6) is 0 Å². The number of anilines is 1. The normalized spacial score (nSPS) is 20.4. The van der Waals surface area contributed by atoms with Crippen molar-refractivity contribution in [1.82, 2.24) is 0 Å². The molecule has 1 aromatic carbocycles. The zero-order valence-corrected chi connectivity index (χ0v) is 14.3. The van der Waals surface area contributed by atoms with Crippen molar-refractivity contribution in [3.8, 4) is 0 Å². The number of nitrogen functional groups attached to an aromatic ring is 1. The summed E-state index contributed by atoms with van der Waals surface area (Å²) in [5.74, 6) is -0.718. The van der Waals surface area contributed by atoms with Crippen LogP contribution < -0.4 is 11.2 Å². The molecule has 1 aliphatic heterocycles. The van der Waals surface area contributed by atoms with Crippen LogP contribution in [0.15, 0.2) is 12.1 Å². The lowest BCUT2D eigenvalue weighted by Crippen LogP contribution is -2.41. The molecule has 0 aromatic heterocycles. The molecule has 0 atom stereocenters. The first-order valence-electron chi connectivity index (χ1n) is 6.99. The second-order valence-electron chi connectivity index (χ2n) is 6.67. The van der Waals surface area contributed by atoms with Crippen molar-refractivity contribution in [1.29, 1.82) is 0 Å². The van der Waals surface area contributed by atoms with Crippen LogP contribution >= 0.6 is 0 Å². The zero-order chi connectivity index (χ0) is 16.9. The van der Waals surface area contributed by atoms with Gasteiger partial charge in [-0.25, -0.2) is 0 Å². The molecule has 8 heteroatoms. The number of nitrogens with two attached hydrogens (primary N) is 1. The van der Waals surface area contributed by atoms with E-state index in [0.717, 1.165) is 5.56 Å². The molecule has 2 N–H and O–H groups in total. The van der Waals surface area contributed by atoms with Gasteiger partial charge in [0.05, 0.1) is 11.2 Å². The maximum atomic E-state index is 12.9. The molecule has 1 aliphatic rings. The van der Waals surface area contributed by atoms with Crippen molar-refractivity contribution >= 4 is 28.5 Å². The Bertz CT molecular complexity index is 687. The summed E-state index contributed by atoms with van der Waals surface area (Å²) in [6.45, 7) is 9.47. The molecule has 1 fully saturated rings. The van der Waals surface area contributed by atoms with Gasteiger partial charge in [0.15, 0.2) is 0 Å². The number of rotatable bonds is 3. The Morgan fingerprint density at radius 1 is 1.18 bits per heavy atom. The minimum Gasteiger partial charge on any atom is -0.399 e. The van der Waals surface area contributed by atoms with Crippen LogP contribution in [0.3, 0.4) is 0 Å². The Morgan fingerprint density at radius 2 is 1.68 bits per heavy atom. The Morgan fingerprint density at radius 3 is 2.14 bits per heavy atom. The third-order valence-corrected chi connectivity index (χ3v) is 5.07. The van der Waals surface area contributed by atoms with Crippen LogP contribution in [0.25, 0.3) is 0 Å². The summed E-state index contributed by atoms with van der Waals surface area (Å²) in [4.78, 5) is 0. The molecule has 122 valence electrons. The average Bonchev–Trinajstić information content (AvgIpc) is 2.50. The van der Waals surface area contributed by atoms with E-state index >= 15 is 0 Å². The van der Waals surface area contributed by atoms with Gasteiger partial charge in [-0.2, -0.15) is 8.42 Å². The molecule has 0 amide bonds. The van der Waals surface area contributed by atoms with E-state index < -0.39 is 34.3 Å². The second-order valence-corrected chi connectivity index (χ2v) is 8.04. The van der Waals surface area contributed by atoms with Crippen molar-refractivity contribution in [3.63, 3.8) is 0 Å². The van der Waals surface area contributed by atoms with Crippen LogP contribution in [0.4, 0.5) is 9.57 Å². The van der Waals surface area contributed by atoms with Crippen molar-refractivity contribution in [2.24, 2.45) is 0 Å². The van der Waals surface area contributed by atoms with Gasteiger partial charge in [-0.05, 0) is 57.3 Å². The highest BCUT2D eigenvalue weighted by Crippen LogP contribution is 2.37. The van der Waals surface area contributed by atoms with Crippen LogP contribution in [0, 0.1) is 6.92 Å². The molecule has 22 heavy (non-hydrogen) atoms. The van der Waals surface area contributed by atoms with Gasteiger partial charge in [0.2, 0.25) is 0 Å². The number of hydrogen-bond donors (Lipinski definition) is 1. The van der Waals surface area contributed by atoms with Gasteiger partial charge < -0.3 is 15.0 Å². The van der Waals surface area contributed by atoms with Gasteiger partial charge >= 0.3 is 17.3 Å². The monoisotopic (exact) mass is 329 g/mol. The van der Waals surface area contributed by atoms with E-state index in [9.17, 15) is 12.3 Å². The predicted molar refractivity (Wildman–Crippen MR) is 85.0 cm³/mol. The molecule has 0 spiro atoms. The van der Waals surface area contributed by atoms with Crippen molar-refractivity contribution < 1.29 is 21.6 Å². The summed E-state index contributed by atoms with van der Waals surface area (Å²) in [5, 5.41) is 0. The molecule has 0 unspecified atom stereocenters. The van der Waals surface area contributed by atoms with Gasteiger partial charge in [-0.1, -0.05) is 6.07 Å². The molecule has 0 bridgehead atoms. The Hall–Kier alpha value is -1.12. The molecule has 0 radical (unpaired) electrons. The first kappa shape index (κ1) is 17.2. The van der Waals surface area contributed by atoms with Crippen molar-refractivity contribution in [3.05, 3.63) is 23.3 Å². The summed E-state index contributed by atoms with van der Waals surface area (Å²) in [6.07, 6.45) is 0. The highest BCUT2D eigenvalue weighted by molar-refractivity contribution is 7.85. The van der Waals surface area contributed by atoms with E-state index in [1.54, 1.807) is 13.0 Å². The molecule has 1 saturated heterocycles. The molecular weight excluding hydrogens is 308 g/mol. The minimum absolute atomic E-state index is 0.273. The lowest BCUT2D eigenvalue weighted by Gasteiger charge is -2.32. The largest absolute Gasteiger partial charge is 0.495 e. The maximum absolute atomic E-state index is 12.9. The summed E-state index contributed by atoms with van der Waals surface area (Å²) >= 11 is 0. The van der Waals surface area contributed by atoms with Gasteiger partial charge in [-0.3, -0.25) is 0 Å². The highest BCUT2D eigenvalue weighted by Gasteiger charge is 2.52. The Balaban J connectivity index is 2.44. The molecule has 5 nitrogen and oxygen atoms in total. The molecular formula is C14H21BFNO4S. The summed E-state index contributed by atoms with van der Waals surface area (Å²) in [5.41, 5.74) is 6.87. The maximum Gasteiger partial charge on any atom is 0.495 e. The van der Waals surface area contributed by atoms with Gasteiger partial charge in [-0.15, -0.1) is 3.89 Å². The Kier molecular flexibility index (Phi) is 4.09. The van der Waals surface area contributed by atoms with Crippen molar-refractivity contribution in [2.45, 2.75) is 51.6 Å². The number of halogens is 1. The fourth-order valence-corrected chi connectivity index (χ4v) is 2.89. The van der Waals surface area contributed by atoms with Gasteiger partial charge in [0, 0.05) is 5.69 Å². The SMILES string of the molecule is Cc1c(N)cc(CS(=O)(=O)F)cc1B1OC(C)(C)C(C)(C)O1. The zero-order valence-electron chi connectivity index (χ0n) is 13.4. The summed E-state index contributed by atoms with van der Waals surface area (Å²) in [7, 11) is -5.30. The van der Waals surface area contributed by atoms with Gasteiger partial charge in [0.25, 0.3) is 0 Å². The molecule has 0 aliphatic carbocycles. The third kappa shape index (κ3) is 3.28. The fourth-order valence-electron chi connectivity index (χ4n) is 2.32. The van der Waals surface area contributed by atoms with Crippen LogP contribution in [0.2, 0.25) is 0 Å². The van der Waals surface area contributed by atoms with Gasteiger partial charge in [0.1, 0.15) is 5.75 Å². The fraction of sp³-hybridized carbons (Fsp3) is 0.571. The highest BCUT2D eigenvalue weighted by atomic mass is 32.3. The minimum atomic E-state index is -4.63. The predicted octanol–water partition coefficient (Wildman–Crippen LogP) is 1.68. The van der Waals surface area contributed by atoms with Crippen LogP contribution in [-0.4, -0.2) is 26.7 Å². The first-order valence-corrected chi connectivity index (χ1v) is 8.54. The number of hydrogen-bond acceptors (Lipinski definition) is 5. The topological polar surface area (TPSA) is 78.6 Å². The summed E-state index contributed by atoms with van der Waals surface area (Å²) < 4.78 is 46.6. The molecule has 2 rings (SSSR count). The van der Waals surface area contributed by atoms with E-state index in [4.69, 9.17) is 15.0 Å². The standard InChI is InChI=1S/C14H21BFNO4S/c1-9-11(15-20-13(2,3)14(4,5)21-15)6-10(7-12(9)17)8-22(16,18)19/h6-7H,8,17H2,1-5H3. The van der Waals surface area contributed by atoms with E-state index in [0.29, 0.717) is 11.2 Å². The number of benzene rings is 1. The average molecular weight is 329 g/mol. The first-order chi connectivity index (χ1) is 9.82.